The van der Waals surface area contributed by atoms with Crippen LogP contribution in [0.25, 0.3) is 33.5 Å². The van der Waals surface area contributed by atoms with Gasteiger partial charge < -0.3 is 5.32 Å². The number of H-pyrrole nitrogens is 1. The number of benzene rings is 3. The smallest absolute Gasteiger partial charge is 0.256 e. The van der Waals surface area contributed by atoms with Crippen molar-refractivity contribution < 1.29 is 9.18 Å². The normalized spacial score (nSPS) is 11.0. The SMILES string of the molecule is Cc1c(-c2ccccc2)nc2ccc(I)cc2c1C(=O)Nc1ccc(-c2nn[nH]n2)cc1F. The highest BCUT2D eigenvalue weighted by molar-refractivity contribution is 14.1. The van der Waals surface area contributed by atoms with Crippen molar-refractivity contribution in [3.05, 3.63) is 87.2 Å². The Hall–Kier alpha value is -3.73. The van der Waals surface area contributed by atoms with Crippen molar-refractivity contribution in [1.82, 2.24) is 25.6 Å². The molecule has 5 rings (SSSR count). The van der Waals surface area contributed by atoms with E-state index in [2.05, 4.69) is 48.5 Å². The Kier molecular flexibility index (Phi) is 5.55. The summed E-state index contributed by atoms with van der Waals surface area (Å²) >= 11 is 2.20. The highest BCUT2D eigenvalue weighted by Gasteiger charge is 2.20. The van der Waals surface area contributed by atoms with Crippen LogP contribution in [0.15, 0.2) is 66.7 Å². The molecule has 0 fully saturated rings. The molecular weight excluding hydrogens is 534 g/mol. The van der Waals surface area contributed by atoms with Crippen molar-refractivity contribution in [2.24, 2.45) is 0 Å². The van der Waals surface area contributed by atoms with E-state index in [-0.39, 0.29) is 11.5 Å². The molecule has 0 bridgehead atoms. The van der Waals surface area contributed by atoms with Gasteiger partial charge in [0.1, 0.15) is 5.82 Å². The minimum Gasteiger partial charge on any atom is -0.319 e. The predicted molar refractivity (Wildman–Crippen MR) is 132 cm³/mol. The van der Waals surface area contributed by atoms with Gasteiger partial charge in [-0.3, -0.25) is 4.79 Å². The molecule has 33 heavy (non-hydrogen) atoms. The molecule has 9 heteroatoms. The number of hydrogen-bond acceptors (Lipinski definition) is 5. The Balaban J connectivity index is 1.59. The Morgan fingerprint density at radius 2 is 1.85 bits per heavy atom. The first-order chi connectivity index (χ1) is 16.0. The fourth-order valence-electron chi connectivity index (χ4n) is 3.72. The first-order valence-corrected chi connectivity index (χ1v) is 11.1. The Morgan fingerprint density at radius 1 is 1.03 bits per heavy atom. The minimum absolute atomic E-state index is 0.0588. The number of hydrogen-bond donors (Lipinski definition) is 2. The van der Waals surface area contributed by atoms with E-state index in [1.54, 1.807) is 6.07 Å². The molecule has 162 valence electrons. The van der Waals surface area contributed by atoms with Gasteiger partial charge in [0, 0.05) is 20.1 Å². The second-order valence-corrected chi connectivity index (χ2v) is 8.62. The fourth-order valence-corrected chi connectivity index (χ4v) is 4.22. The zero-order chi connectivity index (χ0) is 22.9. The molecule has 0 atom stereocenters. The maximum atomic E-state index is 14.8. The number of carbonyl (C=O) groups excluding carboxylic acids is 1. The van der Waals surface area contributed by atoms with Crippen LogP contribution < -0.4 is 5.32 Å². The molecule has 0 saturated carbocycles. The molecule has 7 nitrogen and oxygen atoms in total. The van der Waals surface area contributed by atoms with E-state index in [0.29, 0.717) is 27.7 Å². The van der Waals surface area contributed by atoms with Crippen LogP contribution in [-0.4, -0.2) is 31.5 Å². The third kappa shape index (κ3) is 4.07. The maximum absolute atomic E-state index is 14.8. The van der Waals surface area contributed by atoms with Crippen molar-refractivity contribution in [3.63, 3.8) is 0 Å². The van der Waals surface area contributed by atoms with Gasteiger partial charge in [0.15, 0.2) is 0 Å². The lowest BCUT2D eigenvalue weighted by molar-refractivity contribution is 0.102. The van der Waals surface area contributed by atoms with Gasteiger partial charge in [0.2, 0.25) is 5.82 Å². The molecule has 2 heterocycles. The van der Waals surface area contributed by atoms with E-state index in [1.165, 1.54) is 12.1 Å². The summed E-state index contributed by atoms with van der Waals surface area (Å²) in [5.41, 5.74) is 3.99. The number of nitrogens with one attached hydrogen (secondary N) is 2. The number of rotatable bonds is 4. The van der Waals surface area contributed by atoms with Gasteiger partial charge in [-0.25, -0.2) is 9.37 Å². The summed E-state index contributed by atoms with van der Waals surface area (Å²) in [4.78, 5) is 18.3. The van der Waals surface area contributed by atoms with Gasteiger partial charge in [-0.2, -0.15) is 5.21 Å². The summed E-state index contributed by atoms with van der Waals surface area (Å²) in [6.07, 6.45) is 0. The fraction of sp³-hybridized carbons (Fsp3) is 0.0417. The summed E-state index contributed by atoms with van der Waals surface area (Å²) in [6.45, 7) is 1.86. The topological polar surface area (TPSA) is 96.5 Å². The van der Waals surface area contributed by atoms with E-state index >= 15 is 0 Å². The minimum atomic E-state index is -0.598. The number of aromatic amines is 1. The van der Waals surface area contributed by atoms with E-state index < -0.39 is 11.7 Å². The van der Waals surface area contributed by atoms with Crippen LogP contribution in [0.5, 0.6) is 0 Å². The zero-order valence-corrected chi connectivity index (χ0v) is 19.5. The number of pyridine rings is 1. The van der Waals surface area contributed by atoms with Crippen LogP contribution in [-0.2, 0) is 0 Å². The number of halogens is 2. The number of fused-ring (bicyclic) bond motifs is 1. The summed E-state index contributed by atoms with van der Waals surface area (Å²) in [6, 6.07) is 19.8. The number of amides is 1. The maximum Gasteiger partial charge on any atom is 0.256 e. The van der Waals surface area contributed by atoms with Gasteiger partial charge in [-0.05, 0) is 76.7 Å². The van der Waals surface area contributed by atoms with E-state index in [0.717, 1.165) is 14.7 Å². The lowest BCUT2D eigenvalue weighted by atomic mass is 9.97. The molecule has 0 unspecified atom stereocenters. The Morgan fingerprint density at radius 3 is 2.58 bits per heavy atom. The third-order valence-electron chi connectivity index (χ3n) is 5.29. The molecule has 0 saturated heterocycles. The van der Waals surface area contributed by atoms with Crippen molar-refractivity contribution in [2.45, 2.75) is 6.92 Å². The molecule has 0 aliphatic carbocycles. The molecule has 0 spiro atoms. The first-order valence-electron chi connectivity index (χ1n) is 10.0. The summed E-state index contributed by atoms with van der Waals surface area (Å²) in [7, 11) is 0. The van der Waals surface area contributed by atoms with Crippen molar-refractivity contribution in [3.8, 4) is 22.6 Å². The first kappa shape index (κ1) is 21.1. The quantitative estimate of drug-likeness (QED) is 0.293. The van der Waals surface area contributed by atoms with Crippen LogP contribution in [0.4, 0.5) is 10.1 Å². The predicted octanol–water partition coefficient (Wildman–Crippen LogP) is 5.39. The van der Waals surface area contributed by atoms with Gasteiger partial charge >= 0.3 is 0 Å². The average Bonchev–Trinajstić information content (AvgIpc) is 3.35. The van der Waals surface area contributed by atoms with Crippen LogP contribution in [0.1, 0.15) is 15.9 Å². The number of nitrogens with zero attached hydrogens (tertiary/aromatic N) is 4. The average molecular weight is 550 g/mol. The largest absolute Gasteiger partial charge is 0.319 e. The molecule has 2 aromatic heterocycles. The summed E-state index contributed by atoms with van der Waals surface area (Å²) in [5, 5.41) is 16.9. The highest BCUT2D eigenvalue weighted by Crippen LogP contribution is 2.31. The number of carbonyl (C=O) groups is 1. The lowest BCUT2D eigenvalue weighted by Gasteiger charge is -2.15. The van der Waals surface area contributed by atoms with E-state index in [4.69, 9.17) is 4.98 Å². The van der Waals surface area contributed by atoms with Gasteiger partial charge in [-0.1, -0.05) is 30.3 Å². The number of tetrazole rings is 1. The monoisotopic (exact) mass is 550 g/mol. The molecular formula is C24H16FIN6O. The lowest BCUT2D eigenvalue weighted by Crippen LogP contribution is -2.16. The second-order valence-electron chi connectivity index (χ2n) is 7.37. The van der Waals surface area contributed by atoms with Crippen LogP contribution in [0, 0.1) is 16.3 Å². The van der Waals surface area contributed by atoms with Crippen molar-refractivity contribution in [1.29, 1.82) is 0 Å². The molecule has 0 aliphatic heterocycles. The highest BCUT2D eigenvalue weighted by atomic mass is 127. The van der Waals surface area contributed by atoms with E-state index in [1.807, 2.05) is 55.5 Å². The Bertz CT molecular complexity index is 1490. The number of aromatic nitrogens is 5. The number of anilines is 1. The summed E-state index contributed by atoms with van der Waals surface area (Å²) in [5.74, 6) is -0.741. The van der Waals surface area contributed by atoms with E-state index in [9.17, 15) is 9.18 Å². The standard InChI is InChI=1S/C24H16FIN6O/c1-13-21(24(33)28-20-9-7-15(11-18(20)25)23-29-31-32-30-23)17-12-16(26)8-10-19(17)27-22(13)14-5-3-2-4-6-14/h2-12H,1H3,(H,28,33)(H,29,30,31,32). The van der Waals surface area contributed by atoms with Crippen molar-refractivity contribution >= 4 is 45.1 Å². The van der Waals surface area contributed by atoms with Gasteiger partial charge in [0.25, 0.3) is 5.91 Å². The molecule has 5 aromatic rings. The van der Waals surface area contributed by atoms with Crippen LogP contribution in [0.3, 0.4) is 0 Å². The van der Waals surface area contributed by atoms with Gasteiger partial charge in [-0.15, -0.1) is 10.2 Å². The van der Waals surface area contributed by atoms with Crippen LogP contribution in [0.2, 0.25) is 0 Å². The molecule has 3 aromatic carbocycles. The molecule has 0 radical (unpaired) electrons. The Labute approximate surface area is 201 Å². The van der Waals surface area contributed by atoms with Gasteiger partial charge in [0.05, 0.1) is 22.5 Å². The van der Waals surface area contributed by atoms with Crippen molar-refractivity contribution in [2.75, 3.05) is 5.32 Å². The van der Waals surface area contributed by atoms with Crippen LogP contribution >= 0.6 is 22.6 Å². The molecule has 2 N–H and O–H groups in total. The molecule has 1 amide bonds. The zero-order valence-electron chi connectivity index (χ0n) is 17.3. The summed E-state index contributed by atoms with van der Waals surface area (Å²) < 4.78 is 15.8. The third-order valence-corrected chi connectivity index (χ3v) is 5.96. The molecule has 0 aliphatic rings. The second kappa shape index (κ2) is 8.66.